The molecule has 4 aromatic carbocycles. The second-order valence-corrected chi connectivity index (χ2v) is 13.1. The number of benzene rings is 4. The SMILES string of the molecule is O=[N+]([O-])c1ccc(S(=O)(=O)Oc2cccc(OS(=O)(=O)c3ccc([N+](=O)[O-])cc3)c2OS(=O)(=O)c2ccc([N+](=O)[O-])cc2)cc1. The number of nitro benzene ring substituents is 3. The van der Waals surface area contributed by atoms with Crippen molar-refractivity contribution < 1.29 is 52.6 Å². The van der Waals surface area contributed by atoms with E-state index in [0.29, 0.717) is 0 Å². The number of nitro groups is 3. The molecule has 0 aliphatic carbocycles. The quantitative estimate of drug-likeness (QED) is 0.117. The Morgan fingerprint density at radius 3 is 0.956 bits per heavy atom. The van der Waals surface area contributed by atoms with Crippen molar-refractivity contribution in [2.45, 2.75) is 14.7 Å². The van der Waals surface area contributed by atoms with Crippen LogP contribution in [0, 0.1) is 30.3 Å². The van der Waals surface area contributed by atoms with E-state index in [0.717, 1.165) is 91.0 Å². The summed E-state index contributed by atoms with van der Waals surface area (Å²) >= 11 is 0. The molecule has 0 N–H and O–H groups in total. The number of non-ortho nitro benzene ring substituents is 3. The molecule has 0 saturated heterocycles. The maximum atomic E-state index is 13.1. The molecule has 0 fully saturated rings. The van der Waals surface area contributed by atoms with Gasteiger partial charge in [0.15, 0.2) is 11.5 Å². The number of nitrogens with zero attached hydrogens (tertiary/aromatic N) is 3. The van der Waals surface area contributed by atoms with Crippen molar-refractivity contribution in [3.63, 3.8) is 0 Å². The average molecular weight is 682 g/mol. The minimum absolute atomic E-state index is 0.459. The molecule has 0 aliphatic rings. The summed E-state index contributed by atoms with van der Waals surface area (Å²) in [4.78, 5) is 28.5. The van der Waals surface area contributed by atoms with E-state index < -0.39 is 94.1 Å². The van der Waals surface area contributed by atoms with Crippen LogP contribution in [0.1, 0.15) is 0 Å². The van der Waals surface area contributed by atoms with Gasteiger partial charge in [-0.3, -0.25) is 30.3 Å². The molecule has 0 spiro atoms. The van der Waals surface area contributed by atoms with E-state index in [1.807, 2.05) is 0 Å². The molecule has 0 radical (unpaired) electrons. The van der Waals surface area contributed by atoms with Crippen LogP contribution in [0.2, 0.25) is 0 Å². The van der Waals surface area contributed by atoms with Crippen molar-refractivity contribution in [1.82, 2.24) is 0 Å². The molecule has 0 atom stereocenters. The molecule has 0 unspecified atom stereocenters. The zero-order valence-corrected chi connectivity index (χ0v) is 24.3. The first-order chi connectivity index (χ1) is 21.0. The van der Waals surface area contributed by atoms with E-state index in [1.54, 1.807) is 0 Å². The summed E-state index contributed by atoms with van der Waals surface area (Å²) in [7, 11) is -14.8. The van der Waals surface area contributed by atoms with Crippen LogP contribution < -0.4 is 12.5 Å². The van der Waals surface area contributed by atoms with Crippen LogP contribution >= 0.6 is 0 Å². The van der Waals surface area contributed by atoms with Crippen LogP contribution in [0.25, 0.3) is 0 Å². The fourth-order valence-corrected chi connectivity index (χ4v) is 6.22. The highest BCUT2D eigenvalue weighted by Crippen LogP contribution is 2.42. The predicted octanol–water partition coefficient (Wildman–Crippen LogP) is 3.71. The van der Waals surface area contributed by atoms with E-state index in [1.165, 1.54) is 0 Å². The van der Waals surface area contributed by atoms with Crippen LogP contribution in [0.5, 0.6) is 17.2 Å². The number of rotatable bonds is 12. The molecular weight excluding hydrogens is 666 g/mol. The van der Waals surface area contributed by atoms with Gasteiger partial charge in [0.2, 0.25) is 5.75 Å². The van der Waals surface area contributed by atoms with Crippen LogP contribution in [-0.2, 0) is 30.4 Å². The monoisotopic (exact) mass is 681 g/mol. The van der Waals surface area contributed by atoms with Gasteiger partial charge in [-0.15, -0.1) is 0 Å². The highest BCUT2D eigenvalue weighted by Gasteiger charge is 2.30. The van der Waals surface area contributed by atoms with E-state index >= 15 is 0 Å². The van der Waals surface area contributed by atoms with E-state index in [-0.39, 0.29) is 0 Å². The second-order valence-electron chi connectivity index (χ2n) is 8.45. The third kappa shape index (κ3) is 7.29. The summed E-state index contributed by atoms with van der Waals surface area (Å²) in [5.41, 5.74) is -1.40. The van der Waals surface area contributed by atoms with Crippen LogP contribution in [0.4, 0.5) is 17.1 Å². The van der Waals surface area contributed by atoms with E-state index in [2.05, 4.69) is 0 Å². The Morgan fingerprint density at radius 1 is 0.422 bits per heavy atom. The summed E-state index contributed by atoms with van der Waals surface area (Å²) < 4.78 is 93.4. The first-order valence-corrected chi connectivity index (χ1v) is 15.9. The Hall–Kier alpha value is -5.67. The van der Waals surface area contributed by atoms with Gasteiger partial charge in [0, 0.05) is 36.4 Å². The summed E-state index contributed by atoms with van der Waals surface area (Å²) in [6.45, 7) is 0. The summed E-state index contributed by atoms with van der Waals surface area (Å²) in [6.07, 6.45) is 0. The van der Waals surface area contributed by atoms with Crippen molar-refractivity contribution in [3.8, 4) is 17.2 Å². The molecule has 45 heavy (non-hydrogen) atoms. The third-order valence-corrected chi connectivity index (χ3v) is 9.28. The third-order valence-electron chi connectivity index (χ3n) is 5.54. The molecule has 4 rings (SSSR count). The molecule has 0 bridgehead atoms. The van der Waals surface area contributed by atoms with E-state index in [4.69, 9.17) is 12.5 Å². The Balaban J connectivity index is 1.80. The minimum Gasteiger partial charge on any atom is -0.375 e. The van der Waals surface area contributed by atoms with Gasteiger partial charge in [-0.2, -0.15) is 25.3 Å². The summed E-state index contributed by atoms with van der Waals surface area (Å²) in [6, 6.07) is 12.7. The van der Waals surface area contributed by atoms with Crippen molar-refractivity contribution in [3.05, 3.63) is 121 Å². The van der Waals surface area contributed by atoms with Crippen molar-refractivity contribution >= 4 is 47.4 Å². The Labute approximate surface area is 252 Å². The molecule has 0 amide bonds. The molecule has 0 saturated carbocycles. The highest BCUT2D eigenvalue weighted by atomic mass is 32.2. The fourth-order valence-electron chi connectivity index (χ4n) is 3.40. The average Bonchev–Trinajstić information content (AvgIpc) is 2.98. The maximum Gasteiger partial charge on any atom is 0.339 e. The summed E-state index contributed by atoms with van der Waals surface area (Å²) in [5.74, 6) is -2.95. The van der Waals surface area contributed by atoms with Gasteiger partial charge in [-0.1, -0.05) is 6.07 Å². The molecule has 0 aromatic heterocycles. The lowest BCUT2D eigenvalue weighted by atomic mass is 10.3. The topological polar surface area (TPSA) is 260 Å². The zero-order chi connectivity index (χ0) is 33.2. The zero-order valence-electron chi connectivity index (χ0n) is 21.9. The molecule has 4 aromatic rings. The van der Waals surface area contributed by atoms with E-state index in [9.17, 15) is 55.6 Å². The van der Waals surface area contributed by atoms with Gasteiger partial charge < -0.3 is 12.5 Å². The highest BCUT2D eigenvalue weighted by molar-refractivity contribution is 7.87. The van der Waals surface area contributed by atoms with Crippen molar-refractivity contribution in [2.24, 2.45) is 0 Å². The van der Waals surface area contributed by atoms with Crippen LogP contribution in [0.15, 0.2) is 106 Å². The number of para-hydroxylation sites is 1. The minimum atomic E-state index is -4.99. The number of hydrogen-bond acceptors (Lipinski definition) is 15. The first-order valence-electron chi connectivity index (χ1n) is 11.7. The lowest BCUT2D eigenvalue weighted by Gasteiger charge is -2.16. The molecule has 0 heterocycles. The van der Waals surface area contributed by atoms with Gasteiger partial charge in [-0.05, 0) is 48.5 Å². The molecule has 21 heteroatoms. The Kier molecular flexibility index (Phi) is 8.70. The lowest BCUT2D eigenvalue weighted by molar-refractivity contribution is -0.385. The Bertz CT molecular complexity index is 2030. The van der Waals surface area contributed by atoms with Crippen molar-refractivity contribution in [1.29, 1.82) is 0 Å². The lowest BCUT2D eigenvalue weighted by Crippen LogP contribution is -2.16. The van der Waals surface area contributed by atoms with Crippen LogP contribution in [0.3, 0.4) is 0 Å². The smallest absolute Gasteiger partial charge is 0.339 e. The molecule has 18 nitrogen and oxygen atoms in total. The maximum absolute atomic E-state index is 13.1. The Morgan fingerprint density at radius 2 is 0.689 bits per heavy atom. The normalized spacial score (nSPS) is 11.7. The number of hydrogen-bond donors (Lipinski definition) is 0. The fraction of sp³-hybridized carbons (Fsp3) is 0. The molecular formula is C24H15N3O15S3. The van der Waals surface area contributed by atoms with Gasteiger partial charge in [-0.25, -0.2) is 0 Å². The van der Waals surface area contributed by atoms with Crippen LogP contribution in [-0.4, -0.2) is 40.0 Å². The van der Waals surface area contributed by atoms with Gasteiger partial charge >= 0.3 is 30.4 Å². The van der Waals surface area contributed by atoms with Gasteiger partial charge in [0.05, 0.1) is 14.8 Å². The second kappa shape index (κ2) is 12.1. The van der Waals surface area contributed by atoms with Gasteiger partial charge in [0.1, 0.15) is 14.7 Å². The predicted molar refractivity (Wildman–Crippen MR) is 149 cm³/mol. The standard InChI is InChI=1S/C24H15N3O15S3/c28-25(29)16-4-10-19(11-5-16)43(34,35)40-22-2-1-3-23(41-44(36,37)20-12-6-17(7-13-20)26(30)31)24(22)42-45(38,39)21-14-8-18(9-15-21)27(32)33/h1-15H. The first kappa shape index (κ1) is 32.2. The summed E-state index contributed by atoms with van der Waals surface area (Å²) in [5, 5.41) is 32.8. The van der Waals surface area contributed by atoms with Gasteiger partial charge in [0.25, 0.3) is 17.1 Å². The molecule has 234 valence electrons. The van der Waals surface area contributed by atoms with Crippen molar-refractivity contribution in [2.75, 3.05) is 0 Å². The largest absolute Gasteiger partial charge is 0.375 e. The molecule has 0 aliphatic heterocycles.